The number of amides is 1. The van der Waals surface area contributed by atoms with Gasteiger partial charge in [0, 0.05) is 13.1 Å². The zero-order chi connectivity index (χ0) is 12.8. The Morgan fingerprint density at radius 1 is 1.41 bits per heavy atom. The van der Waals surface area contributed by atoms with Gasteiger partial charge in [-0.15, -0.1) is 0 Å². The first-order valence-electron chi connectivity index (χ1n) is 6.69. The van der Waals surface area contributed by atoms with Gasteiger partial charge in [-0.25, -0.2) is 0 Å². The number of carbonyl (C=O) groups is 1. The largest absolute Gasteiger partial charge is 0.341 e. The second kappa shape index (κ2) is 6.97. The first kappa shape index (κ1) is 14.5. The van der Waals surface area contributed by atoms with Crippen molar-refractivity contribution in [3.8, 4) is 0 Å². The maximum absolute atomic E-state index is 11.7. The van der Waals surface area contributed by atoms with Gasteiger partial charge >= 0.3 is 0 Å². The van der Waals surface area contributed by atoms with E-state index in [1.165, 1.54) is 19.4 Å². The fourth-order valence-electron chi connectivity index (χ4n) is 2.43. The number of likely N-dealkylation sites (tertiary alicyclic amines) is 1. The Kier molecular flexibility index (Phi) is 5.92. The van der Waals surface area contributed by atoms with Crippen molar-refractivity contribution in [2.45, 2.75) is 38.6 Å². The molecule has 1 atom stereocenters. The molecule has 0 aromatic rings. The number of hydrogen-bond donors (Lipinski definition) is 1. The Labute approximate surface area is 105 Å². The summed E-state index contributed by atoms with van der Waals surface area (Å²) in [5.74, 6) is 0.906. The SMILES string of the molecule is C[C@@H](N)C(=O)N1CCC(CCCN(C)C)CC1. The molecule has 0 radical (unpaired) electrons. The zero-order valence-electron chi connectivity index (χ0n) is 11.5. The van der Waals surface area contributed by atoms with E-state index in [-0.39, 0.29) is 11.9 Å². The van der Waals surface area contributed by atoms with Crippen LogP contribution in [0, 0.1) is 5.92 Å². The van der Waals surface area contributed by atoms with Crippen molar-refractivity contribution in [2.24, 2.45) is 11.7 Å². The van der Waals surface area contributed by atoms with Gasteiger partial charge in [-0.3, -0.25) is 4.79 Å². The van der Waals surface area contributed by atoms with Gasteiger partial charge in [0.1, 0.15) is 0 Å². The van der Waals surface area contributed by atoms with Crippen LogP contribution in [-0.4, -0.2) is 55.5 Å². The van der Waals surface area contributed by atoms with Crippen molar-refractivity contribution in [3.05, 3.63) is 0 Å². The Balaban J connectivity index is 2.19. The molecule has 100 valence electrons. The topological polar surface area (TPSA) is 49.6 Å². The van der Waals surface area contributed by atoms with Crippen LogP contribution in [0.2, 0.25) is 0 Å². The Bertz CT molecular complexity index is 233. The fourth-order valence-corrected chi connectivity index (χ4v) is 2.43. The molecule has 1 rings (SSSR count). The predicted molar refractivity (Wildman–Crippen MR) is 70.7 cm³/mol. The number of hydrogen-bond acceptors (Lipinski definition) is 3. The molecule has 1 heterocycles. The molecule has 1 saturated heterocycles. The molecule has 0 bridgehead atoms. The van der Waals surface area contributed by atoms with Gasteiger partial charge in [0.15, 0.2) is 0 Å². The molecule has 4 nitrogen and oxygen atoms in total. The van der Waals surface area contributed by atoms with Crippen LogP contribution in [0.3, 0.4) is 0 Å². The third-order valence-corrected chi connectivity index (χ3v) is 3.53. The lowest BCUT2D eigenvalue weighted by Gasteiger charge is -2.33. The molecular weight excluding hydrogens is 214 g/mol. The summed E-state index contributed by atoms with van der Waals surface area (Å²) in [4.78, 5) is 15.9. The van der Waals surface area contributed by atoms with Crippen LogP contribution in [0.15, 0.2) is 0 Å². The molecule has 1 fully saturated rings. The number of carbonyl (C=O) groups excluding carboxylic acids is 1. The highest BCUT2D eigenvalue weighted by Gasteiger charge is 2.23. The molecule has 0 unspecified atom stereocenters. The van der Waals surface area contributed by atoms with Gasteiger partial charge in [0.2, 0.25) is 5.91 Å². The van der Waals surface area contributed by atoms with Crippen molar-refractivity contribution in [3.63, 3.8) is 0 Å². The summed E-state index contributed by atoms with van der Waals surface area (Å²) in [5, 5.41) is 0. The Morgan fingerprint density at radius 3 is 2.47 bits per heavy atom. The van der Waals surface area contributed by atoms with E-state index in [1.807, 2.05) is 4.90 Å². The zero-order valence-corrected chi connectivity index (χ0v) is 11.5. The van der Waals surface area contributed by atoms with E-state index < -0.39 is 0 Å². The van der Waals surface area contributed by atoms with Crippen molar-refractivity contribution in [2.75, 3.05) is 33.7 Å². The number of piperidine rings is 1. The van der Waals surface area contributed by atoms with Gasteiger partial charge in [0.05, 0.1) is 6.04 Å². The standard InChI is InChI=1S/C13H27N3O/c1-11(14)13(17)16-9-6-12(7-10-16)5-4-8-15(2)3/h11-12H,4-10,14H2,1-3H3/t11-/m1/s1. The normalized spacial score (nSPS) is 19.7. The summed E-state index contributed by atoms with van der Waals surface area (Å²) in [6.45, 7) is 4.73. The minimum Gasteiger partial charge on any atom is -0.341 e. The van der Waals surface area contributed by atoms with Crippen LogP contribution >= 0.6 is 0 Å². The van der Waals surface area contributed by atoms with Crippen LogP contribution in [0.25, 0.3) is 0 Å². The van der Waals surface area contributed by atoms with Crippen molar-refractivity contribution in [1.82, 2.24) is 9.80 Å². The smallest absolute Gasteiger partial charge is 0.239 e. The van der Waals surface area contributed by atoms with Crippen LogP contribution in [0.1, 0.15) is 32.6 Å². The number of nitrogens with zero attached hydrogens (tertiary/aromatic N) is 2. The van der Waals surface area contributed by atoms with E-state index >= 15 is 0 Å². The third kappa shape index (κ3) is 5.04. The quantitative estimate of drug-likeness (QED) is 0.778. The van der Waals surface area contributed by atoms with Crippen LogP contribution in [0.4, 0.5) is 0 Å². The Hall–Kier alpha value is -0.610. The van der Waals surface area contributed by atoms with Crippen molar-refractivity contribution < 1.29 is 4.79 Å². The minimum absolute atomic E-state index is 0.108. The maximum Gasteiger partial charge on any atom is 0.239 e. The van der Waals surface area contributed by atoms with Gasteiger partial charge in [-0.1, -0.05) is 0 Å². The van der Waals surface area contributed by atoms with E-state index in [0.29, 0.717) is 0 Å². The maximum atomic E-state index is 11.7. The molecule has 1 aliphatic heterocycles. The average molecular weight is 241 g/mol. The highest BCUT2D eigenvalue weighted by Crippen LogP contribution is 2.22. The van der Waals surface area contributed by atoms with Gasteiger partial charge in [-0.05, 0) is 59.2 Å². The van der Waals surface area contributed by atoms with Gasteiger partial charge in [-0.2, -0.15) is 0 Å². The summed E-state index contributed by atoms with van der Waals surface area (Å²) in [5.41, 5.74) is 5.62. The third-order valence-electron chi connectivity index (χ3n) is 3.53. The lowest BCUT2D eigenvalue weighted by molar-refractivity contribution is -0.133. The molecular formula is C13H27N3O. The average Bonchev–Trinajstić information content (AvgIpc) is 2.28. The van der Waals surface area contributed by atoms with E-state index in [0.717, 1.165) is 31.8 Å². The molecule has 0 aromatic carbocycles. The lowest BCUT2D eigenvalue weighted by Crippen LogP contribution is -2.45. The van der Waals surface area contributed by atoms with E-state index in [1.54, 1.807) is 6.92 Å². The van der Waals surface area contributed by atoms with Crippen LogP contribution < -0.4 is 5.73 Å². The summed E-state index contributed by atoms with van der Waals surface area (Å²) >= 11 is 0. The first-order chi connectivity index (χ1) is 8.00. The summed E-state index contributed by atoms with van der Waals surface area (Å²) < 4.78 is 0. The predicted octanol–water partition coefficient (Wildman–Crippen LogP) is 0.914. The summed E-state index contributed by atoms with van der Waals surface area (Å²) in [7, 11) is 4.23. The molecule has 4 heteroatoms. The summed E-state index contributed by atoms with van der Waals surface area (Å²) in [6.07, 6.45) is 4.84. The second-order valence-corrected chi connectivity index (χ2v) is 5.50. The lowest BCUT2D eigenvalue weighted by atomic mass is 9.92. The molecule has 0 spiro atoms. The van der Waals surface area contributed by atoms with Crippen molar-refractivity contribution >= 4 is 5.91 Å². The molecule has 0 aromatic heterocycles. The fraction of sp³-hybridized carbons (Fsp3) is 0.923. The number of rotatable bonds is 5. The summed E-state index contributed by atoms with van der Waals surface area (Å²) in [6, 6.07) is -0.347. The Morgan fingerprint density at radius 2 is 2.00 bits per heavy atom. The second-order valence-electron chi connectivity index (χ2n) is 5.50. The highest BCUT2D eigenvalue weighted by molar-refractivity contribution is 5.81. The molecule has 17 heavy (non-hydrogen) atoms. The van der Waals surface area contributed by atoms with Gasteiger partial charge in [0.25, 0.3) is 0 Å². The first-order valence-corrected chi connectivity index (χ1v) is 6.69. The molecule has 1 amide bonds. The highest BCUT2D eigenvalue weighted by atomic mass is 16.2. The number of nitrogens with two attached hydrogens (primary N) is 1. The van der Waals surface area contributed by atoms with E-state index in [2.05, 4.69) is 19.0 Å². The monoisotopic (exact) mass is 241 g/mol. The van der Waals surface area contributed by atoms with Crippen LogP contribution in [-0.2, 0) is 4.79 Å². The molecule has 0 saturated carbocycles. The van der Waals surface area contributed by atoms with Crippen molar-refractivity contribution in [1.29, 1.82) is 0 Å². The molecule has 2 N–H and O–H groups in total. The molecule has 1 aliphatic rings. The van der Waals surface area contributed by atoms with Gasteiger partial charge < -0.3 is 15.5 Å². The van der Waals surface area contributed by atoms with Crippen LogP contribution in [0.5, 0.6) is 0 Å². The minimum atomic E-state index is -0.347. The van der Waals surface area contributed by atoms with E-state index in [4.69, 9.17) is 5.73 Å². The molecule has 0 aliphatic carbocycles. The van der Waals surface area contributed by atoms with E-state index in [9.17, 15) is 4.79 Å².